The van der Waals surface area contributed by atoms with Crippen LogP contribution in [0.2, 0.25) is 0 Å². The van der Waals surface area contributed by atoms with Gasteiger partial charge in [-0.05, 0) is 47.0 Å². The van der Waals surface area contributed by atoms with Crippen molar-refractivity contribution >= 4 is 23.7 Å². The molecule has 0 aromatic carbocycles. The van der Waals surface area contributed by atoms with E-state index in [4.69, 9.17) is 23.7 Å². The van der Waals surface area contributed by atoms with Gasteiger partial charge in [0.15, 0.2) is 11.9 Å². The third kappa shape index (κ3) is 32.0. The fourth-order valence-corrected chi connectivity index (χ4v) is 6.00. The van der Waals surface area contributed by atoms with Crippen molar-refractivity contribution in [1.29, 1.82) is 0 Å². The van der Waals surface area contributed by atoms with E-state index in [1.54, 1.807) is 21.0 Å². The van der Waals surface area contributed by atoms with Gasteiger partial charge >= 0.3 is 17.9 Å². The summed E-state index contributed by atoms with van der Waals surface area (Å²) in [7, 11) is 1.64. The summed E-state index contributed by atoms with van der Waals surface area (Å²) in [6.07, 6.45) is 26.3. The molecule has 9 heteroatoms. The normalized spacial score (nSPS) is 12.4. The Balaban J connectivity index is 4.67. The molecule has 0 rings (SSSR count). The number of carbonyl (C=O) groups excluding carboxylic acids is 4. The lowest BCUT2D eigenvalue weighted by Crippen LogP contribution is -2.37. The predicted molar refractivity (Wildman–Crippen MR) is 214 cm³/mol. The van der Waals surface area contributed by atoms with Crippen LogP contribution in [0.4, 0.5) is 0 Å². The lowest BCUT2D eigenvalue weighted by Gasteiger charge is -2.27. The molecular formula is C44H82O9. The van der Waals surface area contributed by atoms with Crippen molar-refractivity contribution in [3.8, 4) is 0 Å². The molecule has 9 nitrogen and oxygen atoms in total. The average molecular weight is 755 g/mol. The molecule has 0 aromatic heterocycles. The molecule has 312 valence electrons. The Bertz CT molecular complexity index is 930. The Hall–Kier alpha value is -2.00. The van der Waals surface area contributed by atoms with Crippen molar-refractivity contribution in [2.75, 3.05) is 26.9 Å². The van der Waals surface area contributed by atoms with Crippen molar-refractivity contribution in [3.63, 3.8) is 0 Å². The minimum Gasteiger partial charge on any atom is -0.462 e. The van der Waals surface area contributed by atoms with Gasteiger partial charge in [-0.1, -0.05) is 142 Å². The number of unbranched alkanes of at least 4 members (excludes halogenated alkanes) is 20. The number of Topliss-reactive ketones (excluding diaryl/α,β-unsaturated/α-hetero) is 1. The predicted octanol–water partition coefficient (Wildman–Crippen LogP) is 11.3. The van der Waals surface area contributed by atoms with Gasteiger partial charge in [0.1, 0.15) is 18.8 Å². The zero-order chi connectivity index (χ0) is 39.6. The van der Waals surface area contributed by atoms with Crippen molar-refractivity contribution in [1.82, 2.24) is 0 Å². The van der Waals surface area contributed by atoms with E-state index < -0.39 is 23.6 Å². The number of ketones is 1. The average Bonchev–Trinajstić information content (AvgIpc) is 3.12. The first-order valence-corrected chi connectivity index (χ1v) is 21.6. The summed E-state index contributed by atoms with van der Waals surface area (Å²) in [6, 6.07) is 0. The van der Waals surface area contributed by atoms with Crippen molar-refractivity contribution in [2.45, 2.75) is 232 Å². The van der Waals surface area contributed by atoms with E-state index in [1.165, 1.54) is 103 Å². The second kappa shape index (κ2) is 33.3. The Kier molecular flexibility index (Phi) is 32.1. The summed E-state index contributed by atoms with van der Waals surface area (Å²) in [4.78, 5) is 50.7. The van der Waals surface area contributed by atoms with Crippen LogP contribution in [0, 0.1) is 0 Å². The largest absolute Gasteiger partial charge is 0.462 e. The summed E-state index contributed by atoms with van der Waals surface area (Å²) in [5.41, 5.74) is -1.42. The van der Waals surface area contributed by atoms with Gasteiger partial charge in [-0.3, -0.25) is 19.2 Å². The molecule has 1 atom stereocenters. The number of ether oxygens (including phenoxy) is 5. The Morgan fingerprint density at radius 3 is 1.28 bits per heavy atom. The van der Waals surface area contributed by atoms with Crippen LogP contribution in [0.3, 0.4) is 0 Å². The molecule has 0 amide bonds. The number of hydrogen-bond acceptors (Lipinski definition) is 9. The minimum absolute atomic E-state index is 0.0449. The third-order valence-electron chi connectivity index (χ3n) is 10.1. The maximum atomic E-state index is 12.8. The molecule has 0 bridgehead atoms. The second-order valence-electron chi connectivity index (χ2n) is 16.0. The van der Waals surface area contributed by atoms with E-state index in [2.05, 4.69) is 13.8 Å². The second-order valence-corrected chi connectivity index (χ2v) is 16.0. The molecule has 0 heterocycles. The molecule has 0 saturated heterocycles. The van der Waals surface area contributed by atoms with Crippen LogP contribution < -0.4 is 0 Å². The highest BCUT2D eigenvalue weighted by Crippen LogP contribution is 2.19. The summed E-state index contributed by atoms with van der Waals surface area (Å²) < 4.78 is 27.7. The van der Waals surface area contributed by atoms with E-state index in [0.717, 1.165) is 38.5 Å². The minimum atomic E-state index is -1.06. The molecule has 0 aliphatic carbocycles. The molecule has 0 aromatic rings. The van der Waals surface area contributed by atoms with Crippen molar-refractivity contribution in [2.24, 2.45) is 0 Å². The third-order valence-corrected chi connectivity index (χ3v) is 10.1. The zero-order valence-corrected chi connectivity index (χ0v) is 35.5. The Morgan fingerprint density at radius 1 is 0.491 bits per heavy atom. The highest BCUT2D eigenvalue weighted by Gasteiger charge is 2.30. The summed E-state index contributed by atoms with van der Waals surface area (Å²) in [5.74, 6) is -1.54. The maximum Gasteiger partial charge on any atom is 0.306 e. The topological polar surface area (TPSA) is 114 Å². The van der Waals surface area contributed by atoms with Gasteiger partial charge in [0.05, 0.1) is 18.6 Å². The number of rotatable bonds is 38. The van der Waals surface area contributed by atoms with E-state index in [0.29, 0.717) is 19.4 Å². The molecule has 0 spiro atoms. The number of carbonyl (C=O) groups is 4. The van der Waals surface area contributed by atoms with Crippen LogP contribution in [-0.4, -0.2) is 67.9 Å². The number of esters is 3. The molecule has 0 fully saturated rings. The van der Waals surface area contributed by atoms with Gasteiger partial charge in [-0.15, -0.1) is 0 Å². The van der Waals surface area contributed by atoms with Crippen LogP contribution in [0.15, 0.2) is 0 Å². The number of methoxy groups -OCH3 is 1. The highest BCUT2D eigenvalue weighted by atomic mass is 16.6. The lowest BCUT2D eigenvalue weighted by atomic mass is 9.99. The summed E-state index contributed by atoms with van der Waals surface area (Å²) in [6.45, 7) is 11.7. The SMILES string of the molecule is CCCCCCCCCCCCCC(=O)OCC(COC(=O)CCC(=O)C(C)(C)OCCC(C)(C)OC)OC(=O)CCCCCCCCCCCCC. The van der Waals surface area contributed by atoms with E-state index >= 15 is 0 Å². The first-order chi connectivity index (χ1) is 25.4. The fourth-order valence-electron chi connectivity index (χ4n) is 6.00. The van der Waals surface area contributed by atoms with Crippen molar-refractivity contribution in [3.05, 3.63) is 0 Å². The molecule has 0 radical (unpaired) electrons. The van der Waals surface area contributed by atoms with Crippen LogP contribution >= 0.6 is 0 Å². The van der Waals surface area contributed by atoms with Crippen molar-refractivity contribution < 1.29 is 42.9 Å². The smallest absolute Gasteiger partial charge is 0.306 e. The molecule has 0 aliphatic heterocycles. The van der Waals surface area contributed by atoms with Gasteiger partial charge in [-0.2, -0.15) is 0 Å². The standard InChI is InChI=1S/C44H82O9/c1-8-10-12-14-16-18-20-22-24-26-28-30-40(46)50-36-38(53-42(48)31-29-27-25-23-21-19-17-15-13-11-9-2)37-51-41(47)33-32-39(45)44(5,6)52-35-34-43(3,4)49-7/h38H,8-37H2,1-7H3. The molecule has 0 N–H and O–H groups in total. The quantitative estimate of drug-likeness (QED) is 0.0345. The van der Waals surface area contributed by atoms with Gasteiger partial charge < -0.3 is 23.7 Å². The Labute approximate surface area is 325 Å². The van der Waals surface area contributed by atoms with E-state index in [9.17, 15) is 19.2 Å². The van der Waals surface area contributed by atoms with E-state index in [-0.39, 0.29) is 49.8 Å². The fraction of sp³-hybridized carbons (Fsp3) is 0.909. The van der Waals surface area contributed by atoms with Gasteiger partial charge in [0.25, 0.3) is 0 Å². The molecule has 1 unspecified atom stereocenters. The summed E-state index contributed by atoms with van der Waals surface area (Å²) in [5, 5.41) is 0. The lowest BCUT2D eigenvalue weighted by molar-refractivity contribution is -0.167. The van der Waals surface area contributed by atoms with Crippen LogP contribution in [0.5, 0.6) is 0 Å². The van der Waals surface area contributed by atoms with Crippen LogP contribution in [0.1, 0.15) is 215 Å². The monoisotopic (exact) mass is 755 g/mol. The van der Waals surface area contributed by atoms with Gasteiger partial charge in [0.2, 0.25) is 0 Å². The maximum absolute atomic E-state index is 12.8. The first kappa shape index (κ1) is 51.0. The first-order valence-electron chi connectivity index (χ1n) is 21.6. The van der Waals surface area contributed by atoms with Crippen LogP contribution in [-0.2, 0) is 42.9 Å². The Morgan fingerprint density at radius 2 is 0.868 bits per heavy atom. The molecule has 0 aliphatic rings. The van der Waals surface area contributed by atoms with Gasteiger partial charge in [-0.25, -0.2) is 0 Å². The zero-order valence-electron chi connectivity index (χ0n) is 35.5. The molecule has 0 saturated carbocycles. The molecular weight excluding hydrogens is 672 g/mol. The molecule has 53 heavy (non-hydrogen) atoms. The number of hydrogen-bond donors (Lipinski definition) is 0. The highest BCUT2D eigenvalue weighted by molar-refractivity contribution is 5.89. The van der Waals surface area contributed by atoms with E-state index in [1.807, 2.05) is 13.8 Å². The van der Waals surface area contributed by atoms with Crippen LogP contribution in [0.25, 0.3) is 0 Å². The van der Waals surface area contributed by atoms with Gasteiger partial charge in [0, 0.05) is 26.4 Å². The summed E-state index contributed by atoms with van der Waals surface area (Å²) >= 11 is 0.